The quantitative estimate of drug-likeness (QED) is 0.327. The maximum absolute atomic E-state index is 13.3. The smallest absolute Gasteiger partial charge is 0.386 e. The third-order valence-corrected chi connectivity index (χ3v) is 5.36. The van der Waals surface area contributed by atoms with Gasteiger partial charge in [-0.15, -0.1) is 37.9 Å². The van der Waals surface area contributed by atoms with Gasteiger partial charge >= 0.3 is 7.82 Å². The third-order valence-electron chi connectivity index (χ3n) is 3.16. The fraction of sp³-hybridized carbons (Fsp3) is 0. The molecule has 3 rings (SSSR count). The lowest BCUT2D eigenvalue weighted by molar-refractivity contribution is 0.298. The molecule has 3 aromatic carbocycles. The molecule has 0 aliphatic heterocycles. The van der Waals surface area contributed by atoms with Crippen molar-refractivity contribution in [1.82, 2.24) is 0 Å². The van der Waals surface area contributed by atoms with Gasteiger partial charge < -0.3 is 13.6 Å². The summed E-state index contributed by atoms with van der Waals surface area (Å²) in [5.41, 5.74) is 0. The molecule has 0 atom stereocenters. The Labute approximate surface area is 168 Å². The molecule has 0 saturated carbocycles. The molecule has 0 saturated heterocycles. The van der Waals surface area contributed by atoms with Crippen molar-refractivity contribution in [3.8, 4) is 17.2 Å². The van der Waals surface area contributed by atoms with Gasteiger partial charge in [-0.05, 0) is 72.8 Å². The highest BCUT2D eigenvalue weighted by Gasteiger charge is 2.33. The second-order valence-electron chi connectivity index (χ2n) is 5.20. The predicted octanol–water partition coefficient (Wildman–Crippen LogP) is 6.20. The molecule has 134 valence electrons. The summed E-state index contributed by atoms with van der Waals surface area (Å²) in [5.74, 6) is 1.01. The predicted molar refractivity (Wildman–Crippen MR) is 111 cm³/mol. The van der Waals surface area contributed by atoms with Crippen molar-refractivity contribution in [3.05, 3.63) is 72.8 Å². The van der Waals surface area contributed by atoms with Crippen molar-refractivity contribution in [2.24, 2.45) is 0 Å². The Morgan fingerprint density at radius 3 is 0.962 bits per heavy atom. The molecule has 0 bridgehead atoms. The van der Waals surface area contributed by atoms with Crippen LogP contribution >= 0.6 is 45.7 Å². The van der Waals surface area contributed by atoms with Crippen LogP contribution in [0.4, 0.5) is 0 Å². The highest BCUT2D eigenvalue weighted by atomic mass is 32.1. The summed E-state index contributed by atoms with van der Waals surface area (Å²) in [4.78, 5) is 2.26. The molecule has 0 spiro atoms. The van der Waals surface area contributed by atoms with Crippen LogP contribution in [0.5, 0.6) is 17.2 Å². The van der Waals surface area contributed by atoms with Gasteiger partial charge in [0.05, 0.1) is 0 Å². The number of phosphoric ester groups is 1. The van der Waals surface area contributed by atoms with Crippen LogP contribution in [0.25, 0.3) is 0 Å². The zero-order valence-electron chi connectivity index (χ0n) is 13.4. The highest BCUT2D eigenvalue weighted by molar-refractivity contribution is 7.80. The first-order valence-electron chi connectivity index (χ1n) is 7.48. The molecule has 0 unspecified atom stereocenters. The van der Waals surface area contributed by atoms with E-state index in [4.69, 9.17) is 13.6 Å². The van der Waals surface area contributed by atoms with Crippen LogP contribution in [-0.2, 0) is 4.57 Å². The van der Waals surface area contributed by atoms with Gasteiger partial charge in [0.2, 0.25) is 0 Å². The summed E-state index contributed by atoms with van der Waals surface area (Å²) in [5, 5.41) is 0. The zero-order chi connectivity index (χ0) is 18.6. The second-order valence-corrected chi connectivity index (χ2v) is 8.19. The van der Waals surface area contributed by atoms with Crippen LogP contribution in [0, 0.1) is 0 Å². The van der Waals surface area contributed by atoms with Crippen molar-refractivity contribution < 1.29 is 18.1 Å². The topological polar surface area (TPSA) is 44.8 Å². The average molecular weight is 422 g/mol. The fourth-order valence-electron chi connectivity index (χ4n) is 1.96. The summed E-state index contributed by atoms with van der Waals surface area (Å²) >= 11 is 12.7. The molecule has 26 heavy (non-hydrogen) atoms. The Balaban J connectivity index is 1.88. The molecule has 0 aromatic heterocycles. The first-order valence-corrected chi connectivity index (χ1v) is 10.3. The van der Waals surface area contributed by atoms with E-state index in [0.717, 1.165) is 14.7 Å². The van der Waals surface area contributed by atoms with Crippen LogP contribution < -0.4 is 13.6 Å². The first kappa shape index (κ1) is 19.1. The molecule has 3 aromatic rings. The highest BCUT2D eigenvalue weighted by Crippen LogP contribution is 2.49. The summed E-state index contributed by atoms with van der Waals surface area (Å²) in [7, 11) is -4.01. The van der Waals surface area contributed by atoms with Crippen LogP contribution in [-0.4, -0.2) is 0 Å². The molecule has 0 amide bonds. The molecular formula is C18H15O4PS3. The zero-order valence-corrected chi connectivity index (χ0v) is 16.9. The largest absolute Gasteiger partial charge is 0.647 e. The Bertz CT molecular complexity index is 790. The van der Waals surface area contributed by atoms with E-state index < -0.39 is 7.82 Å². The minimum atomic E-state index is -4.01. The number of hydrogen-bond acceptors (Lipinski definition) is 7. The van der Waals surface area contributed by atoms with Gasteiger partial charge in [0.15, 0.2) is 0 Å². The maximum atomic E-state index is 13.3. The molecule has 0 fully saturated rings. The molecule has 0 heterocycles. The van der Waals surface area contributed by atoms with E-state index in [1.165, 1.54) is 0 Å². The van der Waals surface area contributed by atoms with Crippen LogP contribution in [0.15, 0.2) is 87.5 Å². The maximum Gasteiger partial charge on any atom is 0.647 e. The molecule has 0 radical (unpaired) electrons. The van der Waals surface area contributed by atoms with Crippen molar-refractivity contribution >= 4 is 45.7 Å². The lowest BCUT2D eigenvalue weighted by atomic mass is 10.3. The number of hydrogen-bond donors (Lipinski definition) is 3. The Morgan fingerprint density at radius 2 is 0.731 bits per heavy atom. The fourth-order valence-corrected chi connectivity index (χ4v) is 3.66. The van der Waals surface area contributed by atoms with E-state index in [0.29, 0.717) is 17.2 Å². The number of benzene rings is 3. The first-order chi connectivity index (χ1) is 12.4. The van der Waals surface area contributed by atoms with Crippen molar-refractivity contribution in [2.45, 2.75) is 14.7 Å². The molecule has 8 heteroatoms. The summed E-state index contributed by atoms with van der Waals surface area (Å²) < 4.78 is 29.9. The van der Waals surface area contributed by atoms with Gasteiger partial charge in [-0.25, -0.2) is 0 Å². The second kappa shape index (κ2) is 8.35. The van der Waals surface area contributed by atoms with Gasteiger partial charge in [-0.2, -0.15) is 4.57 Å². The minimum absolute atomic E-state index is 0.336. The number of phosphoric acid groups is 1. The van der Waals surface area contributed by atoms with Gasteiger partial charge in [0, 0.05) is 14.7 Å². The molecule has 0 aliphatic rings. The SMILES string of the molecule is O=P(Oc1ccc(S)cc1)(Oc1ccc(S)cc1)Oc1ccc(S)cc1. The number of thiol groups is 3. The lowest BCUT2D eigenvalue weighted by Crippen LogP contribution is -2.07. The van der Waals surface area contributed by atoms with Crippen molar-refractivity contribution in [1.29, 1.82) is 0 Å². The van der Waals surface area contributed by atoms with E-state index >= 15 is 0 Å². The Morgan fingerprint density at radius 1 is 0.500 bits per heavy atom. The molecule has 0 aliphatic carbocycles. The van der Waals surface area contributed by atoms with E-state index in [1.807, 2.05) is 0 Å². The van der Waals surface area contributed by atoms with Gasteiger partial charge in [-0.3, -0.25) is 0 Å². The normalized spacial score (nSPS) is 11.0. The van der Waals surface area contributed by atoms with Gasteiger partial charge in [-0.1, -0.05) is 0 Å². The monoisotopic (exact) mass is 422 g/mol. The van der Waals surface area contributed by atoms with Gasteiger partial charge in [0.1, 0.15) is 17.2 Å². The lowest BCUT2D eigenvalue weighted by Gasteiger charge is -2.19. The van der Waals surface area contributed by atoms with Gasteiger partial charge in [0.25, 0.3) is 0 Å². The van der Waals surface area contributed by atoms with E-state index in [-0.39, 0.29) is 0 Å². The minimum Gasteiger partial charge on any atom is -0.386 e. The average Bonchev–Trinajstić information content (AvgIpc) is 2.61. The Hall–Kier alpha value is -1.66. The van der Waals surface area contributed by atoms with Crippen LogP contribution in [0.2, 0.25) is 0 Å². The molecular weight excluding hydrogens is 407 g/mol. The van der Waals surface area contributed by atoms with E-state index in [9.17, 15) is 4.57 Å². The van der Waals surface area contributed by atoms with Crippen molar-refractivity contribution in [2.75, 3.05) is 0 Å². The third kappa shape index (κ3) is 5.42. The number of rotatable bonds is 6. The van der Waals surface area contributed by atoms with Crippen LogP contribution in [0.1, 0.15) is 0 Å². The summed E-state index contributed by atoms with van der Waals surface area (Å²) in [6.45, 7) is 0. The summed E-state index contributed by atoms with van der Waals surface area (Å²) in [6, 6.07) is 20.1. The summed E-state index contributed by atoms with van der Waals surface area (Å²) in [6.07, 6.45) is 0. The van der Waals surface area contributed by atoms with Crippen molar-refractivity contribution in [3.63, 3.8) is 0 Å². The van der Waals surface area contributed by atoms with Crippen LogP contribution in [0.3, 0.4) is 0 Å². The van der Waals surface area contributed by atoms with E-state index in [1.54, 1.807) is 72.8 Å². The standard InChI is InChI=1S/C18H15O4PS3/c19-23(20-13-1-7-16(24)8-2-13,21-14-3-9-17(25)10-4-14)22-15-5-11-18(26)12-6-15/h1-12,24-26H. The molecule has 0 N–H and O–H groups in total. The Kier molecular flexibility index (Phi) is 6.14. The van der Waals surface area contributed by atoms with E-state index in [2.05, 4.69) is 37.9 Å². The molecule has 4 nitrogen and oxygen atoms in total.